The Morgan fingerprint density at radius 1 is 1.16 bits per heavy atom. The second-order valence-electron chi connectivity index (χ2n) is 6.39. The second-order valence-corrected chi connectivity index (χ2v) is 6.39. The lowest BCUT2D eigenvalue weighted by Gasteiger charge is -2.10. The zero-order valence-electron chi connectivity index (χ0n) is 14.6. The molecule has 4 nitrogen and oxygen atoms in total. The molecule has 25 heavy (non-hydrogen) atoms. The van der Waals surface area contributed by atoms with Crippen LogP contribution < -0.4 is 10.1 Å². The van der Waals surface area contributed by atoms with E-state index in [9.17, 15) is 9.18 Å². The number of hydrogen-bond acceptors (Lipinski definition) is 3. The highest BCUT2D eigenvalue weighted by Gasteiger charge is 2.06. The van der Waals surface area contributed by atoms with Crippen molar-refractivity contribution in [3.05, 3.63) is 65.0 Å². The first kappa shape index (κ1) is 18.9. The Hall–Kier alpha value is -2.40. The average molecular weight is 345 g/mol. The predicted molar refractivity (Wildman–Crippen MR) is 94.6 cm³/mol. The topological polar surface area (TPSA) is 58.6 Å². The van der Waals surface area contributed by atoms with Crippen LogP contribution in [0.2, 0.25) is 0 Å². The van der Waals surface area contributed by atoms with Gasteiger partial charge in [-0.25, -0.2) is 4.39 Å². The fourth-order valence-corrected chi connectivity index (χ4v) is 2.27. The number of benzene rings is 2. The monoisotopic (exact) mass is 345 g/mol. The molecule has 0 saturated heterocycles. The zero-order chi connectivity index (χ0) is 18.2. The molecular weight excluding hydrogens is 321 g/mol. The maximum atomic E-state index is 13.3. The SMILES string of the molecule is CC(C)COc1ccc(CC(=O)NCc2ccc(F)c(CO)c2)cc1. The Kier molecular flexibility index (Phi) is 6.95. The lowest BCUT2D eigenvalue weighted by molar-refractivity contribution is -0.120. The van der Waals surface area contributed by atoms with Crippen LogP contribution in [-0.2, 0) is 24.4 Å². The van der Waals surface area contributed by atoms with Crippen LogP contribution in [-0.4, -0.2) is 17.6 Å². The highest BCUT2D eigenvalue weighted by Crippen LogP contribution is 2.14. The molecule has 0 aliphatic carbocycles. The fourth-order valence-electron chi connectivity index (χ4n) is 2.27. The van der Waals surface area contributed by atoms with Crippen LogP contribution >= 0.6 is 0 Å². The predicted octanol–water partition coefficient (Wildman–Crippen LogP) is 3.21. The lowest BCUT2D eigenvalue weighted by atomic mass is 10.1. The van der Waals surface area contributed by atoms with Gasteiger partial charge >= 0.3 is 0 Å². The van der Waals surface area contributed by atoms with Crippen molar-refractivity contribution in [3.8, 4) is 5.75 Å². The van der Waals surface area contributed by atoms with Gasteiger partial charge in [0.15, 0.2) is 0 Å². The Balaban J connectivity index is 1.83. The van der Waals surface area contributed by atoms with E-state index in [1.54, 1.807) is 12.1 Å². The van der Waals surface area contributed by atoms with Gasteiger partial charge in [0.1, 0.15) is 11.6 Å². The molecule has 0 atom stereocenters. The molecule has 134 valence electrons. The fraction of sp³-hybridized carbons (Fsp3) is 0.350. The van der Waals surface area contributed by atoms with Crippen LogP contribution in [0, 0.1) is 11.7 Å². The minimum Gasteiger partial charge on any atom is -0.493 e. The van der Waals surface area contributed by atoms with Gasteiger partial charge in [0, 0.05) is 12.1 Å². The Labute approximate surface area is 147 Å². The largest absolute Gasteiger partial charge is 0.493 e. The molecular formula is C20H24FNO3. The maximum absolute atomic E-state index is 13.3. The summed E-state index contributed by atoms with van der Waals surface area (Å²) in [4.78, 5) is 12.0. The minimum absolute atomic E-state index is 0.120. The van der Waals surface area contributed by atoms with Crippen LogP contribution in [0.4, 0.5) is 4.39 Å². The normalized spacial score (nSPS) is 10.8. The summed E-state index contributed by atoms with van der Waals surface area (Å²) in [7, 11) is 0. The van der Waals surface area contributed by atoms with Crippen molar-refractivity contribution in [1.82, 2.24) is 5.32 Å². The number of amides is 1. The quantitative estimate of drug-likeness (QED) is 0.772. The molecule has 2 N–H and O–H groups in total. The van der Waals surface area contributed by atoms with Crippen molar-refractivity contribution in [2.24, 2.45) is 5.92 Å². The Bertz CT molecular complexity index is 699. The molecule has 2 aromatic rings. The molecule has 0 aliphatic heterocycles. The molecule has 5 heteroatoms. The third-order valence-electron chi connectivity index (χ3n) is 3.64. The molecule has 0 saturated carbocycles. The minimum atomic E-state index is -0.447. The summed E-state index contributed by atoms with van der Waals surface area (Å²) in [6.07, 6.45) is 0.262. The molecule has 2 aromatic carbocycles. The van der Waals surface area contributed by atoms with Crippen molar-refractivity contribution >= 4 is 5.91 Å². The molecule has 0 heterocycles. The maximum Gasteiger partial charge on any atom is 0.224 e. The molecule has 1 amide bonds. The van der Waals surface area contributed by atoms with Crippen LogP contribution in [0.15, 0.2) is 42.5 Å². The number of carbonyl (C=O) groups is 1. The highest BCUT2D eigenvalue weighted by atomic mass is 19.1. The zero-order valence-corrected chi connectivity index (χ0v) is 14.6. The van der Waals surface area contributed by atoms with E-state index in [0.717, 1.165) is 16.9 Å². The van der Waals surface area contributed by atoms with E-state index in [1.165, 1.54) is 6.07 Å². The Morgan fingerprint density at radius 3 is 2.48 bits per heavy atom. The number of carbonyl (C=O) groups excluding carboxylic acids is 1. The van der Waals surface area contributed by atoms with Gasteiger partial charge in [-0.15, -0.1) is 0 Å². The van der Waals surface area contributed by atoms with Gasteiger partial charge in [-0.1, -0.05) is 32.0 Å². The molecule has 0 radical (unpaired) electrons. The second kappa shape index (κ2) is 9.18. The van der Waals surface area contributed by atoms with Gasteiger partial charge in [0.25, 0.3) is 0 Å². The van der Waals surface area contributed by atoms with E-state index in [2.05, 4.69) is 19.2 Å². The van der Waals surface area contributed by atoms with Gasteiger partial charge in [0.2, 0.25) is 5.91 Å². The van der Waals surface area contributed by atoms with Crippen molar-refractivity contribution < 1.29 is 19.0 Å². The number of nitrogens with one attached hydrogen (secondary N) is 1. The molecule has 2 rings (SSSR count). The summed E-state index contributed by atoms with van der Waals surface area (Å²) in [5, 5.41) is 11.9. The number of halogens is 1. The smallest absolute Gasteiger partial charge is 0.224 e. The molecule has 0 bridgehead atoms. The van der Waals surface area contributed by atoms with Gasteiger partial charge in [0.05, 0.1) is 19.6 Å². The van der Waals surface area contributed by atoms with Crippen molar-refractivity contribution in [2.45, 2.75) is 33.4 Å². The third kappa shape index (κ3) is 6.19. The van der Waals surface area contributed by atoms with E-state index in [0.29, 0.717) is 19.1 Å². The molecule has 0 unspecified atom stereocenters. The number of rotatable bonds is 8. The summed E-state index contributed by atoms with van der Waals surface area (Å²) >= 11 is 0. The van der Waals surface area contributed by atoms with Gasteiger partial charge in [-0.05, 0) is 41.3 Å². The van der Waals surface area contributed by atoms with Gasteiger partial charge < -0.3 is 15.2 Å². The molecule has 0 fully saturated rings. The summed E-state index contributed by atoms with van der Waals surface area (Å²) in [6.45, 7) is 4.76. The standard InChI is InChI=1S/C20H24FNO3/c1-14(2)13-25-18-6-3-15(4-7-18)10-20(24)22-11-16-5-8-19(21)17(9-16)12-23/h3-9,14,23H,10-13H2,1-2H3,(H,22,24). The first-order chi connectivity index (χ1) is 12.0. The van der Waals surface area contributed by atoms with Crippen molar-refractivity contribution in [3.63, 3.8) is 0 Å². The number of aliphatic hydroxyl groups is 1. The van der Waals surface area contributed by atoms with E-state index < -0.39 is 5.82 Å². The molecule has 0 aliphatic rings. The van der Waals surface area contributed by atoms with Crippen molar-refractivity contribution in [2.75, 3.05) is 6.61 Å². The van der Waals surface area contributed by atoms with E-state index in [1.807, 2.05) is 24.3 Å². The first-order valence-corrected chi connectivity index (χ1v) is 8.34. The average Bonchev–Trinajstić information content (AvgIpc) is 2.60. The number of ether oxygens (including phenoxy) is 1. The highest BCUT2D eigenvalue weighted by molar-refractivity contribution is 5.78. The third-order valence-corrected chi connectivity index (χ3v) is 3.64. The lowest BCUT2D eigenvalue weighted by Crippen LogP contribution is -2.24. The molecule has 0 aromatic heterocycles. The summed E-state index contributed by atoms with van der Waals surface area (Å²) in [5.74, 6) is 0.687. The summed E-state index contributed by atoms with van der Waals surface area (Å²) < 4.78 is 18.9. The number of hydrogen-bond donors (Lipinski definition) is 2. The van der Waals surface area contributed by atoms with E-state index >= 15 is 0 Å². The van der Waals surface area contributed by atoms with E-state index in [4.69, 9.17) is 9.84 Å². The van der Waals surface area contributed by atoms with Crippen molar-refractivity contribution in [1.29, 1.82) is 0 Å². The van der Waals surface area contributed by atoms with Gasteiger partial charge in [-0.3, -0.25) is 4.79 Å². The summed E-state index contributed by atoms with van der Waals surface area (Å²) in [6, 6.07) is 11.9. The van der Waals surface area contributed by atoms with Crippen LogP contribution in [0.25, 0.3) is 0 Å². The van der Waals surface area contributed by atoms with E-state index in [-0.39, 0.29) is 24.5 Å². The van der Waals surface area contributed by atoms with Crippen LogP contribution in [0.5, 0.6) is 5.75 Å². The van der Waals surface area contributed by atoms with Gasteiger partial charge in [-0.2, -0.15) is 0 Å². The summed E-state index contributed by atoms with van der Waals surface area (Å²) in [5.41, 5.74) is 1.87. The molecule has 0 spiro atoms. The van der Waals surface area contributed by atoms with Crippen LogP contribution in [0.1, 0.15) is 30.5 Å². The number of aliphatic hydroxyl groups excluding tert-OH is 1. The Morgan fingerprint density at radius 2 is 1.84 bits per heavy atom. The van der Waals surface area contributed by atoms with Crippen LogP contribution in [0.3, 0.4) is 0 Å². The first-order valence-electron chi connectivity index (χ1n) is 8.34.